The molecular formula is C24H34N4O3. The summed E-state index contributed by atoms with van der Waals surface area (Å²) in [6.45, 7) is 6.28. The van der Waals surface area contributed by atoms with E-state index in [0.29, 0.717) is 12.2 Å². The Labute approximate surface area is 185 Å². The number of amides is 3. The summed E-state index contributed by atoms with van der Waals surface area (Å²) in [5.74, 6) is -0.224. The van der Waals surface area contributed by atoms with Gasteiger partial charge in [-0.3, -0.25) is 4.79 Å². The summed E-state index contributed by atoms with van der Waals surface area (Å²) in [4.78, 5) is 28.9. The number of rotatable bonds is 9. The van der Waals surface area contributed by atoms with E-state index in [1.807, 2.05) is 93.2 Å². The number of anilines is 2. The van der Waals surface area contributed by atoms with Crippen LogP contribution >= 0.6 is 0 Å². The van der Waals surface area contributed by atoms with Crippen molar-refractivity contribution >= 4 is 23.3 Å². The average molecular weight is 427 g/mol. The number of carbonyl (C=O) groups is 2. The van der Waals surface area contributed by atoms with E-state index in [4.69, 9.17) is 4.74 Å². The molecule has 31 heavy (non-hydrogen) atoms. The van der Waals surface area contributed by atoms with Gasteiger partial charge in [0.25, 0.3) is 0 Å². The number of nitrogens with one attached hydrogen (secondary N) is 2. The number of hydrogen-bond donors (Lipinski definition) is 2. The fourth-order valence-electron chi connectivity index (χ4n) is 3.36. The van der Waals surface area contributed by atoms with Gasteiger partial charge in [0.1, 0.15) is 6.61 Å². The normalized spacial score (nSPS) is 11.7. The maximum atomic E-state index is 13.1. The molecule has 0 aromatic heterocycles. The van der Waals surface area contributed by atoms with Crippen molar-refractivity contribution in [2.24, 2.45) is 0 Å². The Morgan fingerprint density at radius 1 is 1.03 bits per heavy atom. The summed E-state index contributed by atoms with van der Waals surface area (Å²) in [5.41, 5.74) is 3.63. The van der Waals surface area contributed by atoms with E-state index < -0.39 is 0 Å². The van der Waals surface area contributed by atoms with Crippen molar-refractivity contribution in [3.8, 4) is 0 Å². The SMILES string of the molecule is COCC(=O)Nc1ccc(N(C)C)c(CN(C(=O)NC(C)C)C(C)c2ccccc2)c1. The third-order valence-corrected chi connectivity index (χ3v) is 4.88. The van der Waals surface area contributed by atoms with Crippen molar-refractivity contribution in [2.75, 3.05) is 38.0 Å². The highest BCUT2D eigenvalue weighted by Gasteiger charge is 2.24. The summed E-state index contributed by atoms with van der Waals surface area (Å²) in [6, 6.07) is 15.4. The predicted octanol–water partition coefficient (Wildman–Crippen LogP) is 4.02. The van der Waals surface area contributed by atoms with Crippen molar-refractivity contribution in [2.45, 2.75) is 39.4 Å². The molecule has 2 aromatic rings. The van der Waals surface area contributed by atoms with Crippen molar-refractivity contribution in [3.05, 3.63) is 59.7 Å². The first-order chi connectivity index (χ1) is 14.7. The van der Waals surface area contributed by atoms with Crippen molar-refractivity contribution in [1.82, 2.24) is 10.2 Å². The van der Waals surface area contributed by atoms with Crippen molar-refractivity contribution in [3.63, 3.8) is 0 Å². The molecule has 0 radical (unpaired) electrons. The molecule has 0 saturated heterocycles. The largest absolute Gasteiger partial charge is 0.377 e. The maximum Gasteiger partial charge on any atom is 0.318 e. The van der Waals surface area contributed by atoms with Gasteiger partial charge in [-0.25, -0.2) is 4.79 Å². The first kappa shape index (κ1) is 24.2. The second-order valence-electron chi connectivity index (χ2n) is 8.04. The van der Waals surface area contributed by atoms with Crippen LogP contribution < -0.4 is 15.5 Å². The smallest absolute Gasteiger partial charge is 0.318 e. The minimum Gasteiger partial charge on any atom is -0.377 e. The van der Waals surface area contributed by atoms with Crippen molar-refractivity contribution in [1.29, 1.82) is 0 Å². The van der Waals surface area contributed by atoms with Crippen molar-refractivity contribution < 1.29 is 14.3 Å². The van der Waals surface area contributed by atoms with Crippen LogP contribution in [-0.2, 0) is 16.1 Å². The zero-order valence-electron chi connectivity index (χ0n) is 19.3. The second kappa shape index (κ2) is 11.4. The molecular weight excluding hydrogens is 392 g/mol. The lowest BCUT2D eigenvalue weighted by molar-refractivity contribution is -0.119. The molecule has 3 amide bonds. The van der Waals surface area contributed by atoms with Crippen LogP contribution in [-0.4, -0.2) is 50.7 Å². The lowest BCUT2D eigenvalue weighted by Crippen LogP contribution is -2.44. The van der Waals surface area contributed by atoms with E-state index in [2.05, 4.69) is 10.6 Å². The number of nitrogens with zero attached hydrogens (tertiary/aromatic N) is 2. The number of urea groups is 1. The molecule has 168 valence electrons. The van der Waals surface area contributed by atoms with Crippen LogP contribution in [0.4, 0.5) is 16.2 Å². The van der Waals surface area contributed by atoms with Gasteiger partial charge in [0, 0.05) is 38.6 Å². The third kappa shape index (κ3) is 7.00. The summed E-state index contributed by atoms with van der Waals surface area (Å²) in [5, 5.41) is 5.86. The Balaban J connectivity index is 2.40. The Morgan fingerprint density at radius 2 is 1.71 bits per heavy atom. The van der Waals surface area contributed by atoms with Gasteiger partial charge in [-0.15, -0.1) is 0 Å². The molecule has 2 aromatic carbocycles. The van der Waals surface area contributed by atoms with E-state index in [0.717, 1.165) is 16.8 Å². The number of ether oxygens (including phenoxy) is 1. The fraction of sp³-hybridized carbons (Fsp3) is 0.417. The van der Waals surface area contributed by atoms with E-state index in [-0.39, 0.29) is 30.6 Å². The molecule has 0 spiro atoms. The van der Waals surface area contributed by atoms with E-state index in [1.54, 1.807) is 0 Å². The third-order valence-electron chi connectivity index (χ3n) is 4.88. The molecule has 2 N–H and O–H groups in total. The molecule has 0 saturated carbocycles. The summed E-state index contributed by atoms with van der Waals surface area (Å²) in [7, 11) is 5.40. The van der Waals surface area contributed by atoms with Crippen LogP contribution in [0.2, 0.25) is 0 Å². The maximum absolute atomic E-state index is 13.1. The number of carbonyl (C=O) groups excluding carboxylic acids is 2. The lowest BCUT2D eigenvalue weighted by Gasteiger charge is -2.32. The van der Waals surface area contributed by atoms with Crippen LogP contribution in [0, 0.1) is 0 Å². The number of methoxy groups -OCH3 is 1. The van der Waals surface area contributed by atoms with Gasteiger partial charge in [0.05, 0.1) is 12.6 Å². The van der Waals surface area contributed by atoms with Crippen LogP contribution in [0.1, 0.15) is 37.9 Å². The standard InChI is InChI=1S/C24H34N4O3/c1-17(2)25-24(30)28(18(3)19-10-8-7-9-11-19)15-20-14-21(26-23(29)16-31-6)12-13-22(20)27(4)5/h7-14,17-18H,15-16H2,1-6H3,(H,25,30)(H,26,29). The van der Waals surface area contributed by atoms with E-state index in [9.17, 15) is 9.59 Å². The zero-order valence-corrected chi connectivity index (χ0v) is 19.3. The molecule has 2 rings (SSSR count). The molecule has 7 heteroatoms. The van der Waals surface area contributed by atoms with Gasteiger partial charge in [-0.05, 0) is 50.1 Å². The van der Waals surface area contributed by atoms with Crippen LogP contribution in [0.15, 0.2) is 48.5 Å². The minimum atomic E-state index is -0.224. The van der Waals surface area contributed by atoms with Crippen LogP contribution in [0.3, 0.4) is 0 Å². The predicted molar refractivity (Wildman–Crippen MR) is 125 cm³/mol. The summed E-state index contributed by atoms with van der Waals surface area (Å²) in [6.07, 6.45) is 0. The molecule has 0 aliphatic rings. The van der Waals surface area contributed by atoms with Crippen LogP contribution in [0.5, 0.6) is 0 Å². The van der Waals surface area contributed by atoms with Gasteiger partial charge >= 0.3 is 6.03 Å². The van der Waals surface area contributed by atoms with Gasteiger partial charge in [0.15, 0.2) is 0 Å². The second-order valence-corrected chi connectivity index (χ2v) is 8.04. The van der Waals surface area contributed by atoms with Gasteiger partial charge in [-0.2, -0.15) is 0 Å². The quantitative estimate of drug-likeness (QED) is 0.635. The molecule has 0 heterocycles. The van der Waals surface area contributed by atoms with Gasteiger partial charge in [0.2, 0.25) is 5.91 Å². The fourth-order valence-corrected chi connectivity index (χ4v) is 3.36. The molecule has 0 bridgehead atoms. The first-order valence-corrected chi connectivity index (χ1v) is 10.4. The summed E-state index contributed by atoms with van der Waals surface area (Å²) < 4.78 is 4.90. The Hall–Kier alpha value is -3.06. The number of benzene rings is 2. The highest BCUT2D eigenvalue weighted by atomic mass is 16.5. The Kier molecular flexibility index (Phi) is 8.88. The molecule has 0 aliphatic heterocycles. The molecule has 0 fully saturated rings. The average Bonchev–Trinajstić information content (AvgIpc) is 2.71. The zero-order chi connectivity index (χ0) is 23.0. The van der Waals surface area contributed by atoms with Gasteiger partial charge in [-0.1, -0.05) is 30.3 Å². The highest BCUT2D eigenvalue weighted by Crippen LogP contribution is 2.28. The van der Waals surface area contributed by atoms with Crippen LogP contribution in [0.25, 0.3) is 0 Å². The minimum absolute atomic E-state index is 0.0152. The monoisotopic (exact) mass is 426 g/mol. The molecule has 7 nitrogen and oxygen atoms in total. The van der Waals surface area contributed by atoms with E-state index >= 15 is 0 Å². The Bertz CT molecular complexity index is 868. The Morgan fingerprint density at radius 3 is 2.29 bits per heavy atom. The number of hydrogen-bond acceptors (Lipinski definition) is 4. The molecule has 0 aliphatic carbocycles. The lowest BCUT2D eigenvalue weighted by atomic mass is 10.0. The first-order valence-electron chi connectivity index (χ1n) is 10.4. The topological polar surface area (TPSA) is 73.9 Å². The molecule has 1 atom stereocenters. The molecule has 1 unspecified atom stereocenters. The van der Waals surface area contributed by atoms with E-state index in [1.165, 1.54) is 7.11 Å². The highest BCUT2D eigenvalue weighted by molar-refractivity contribution is 5.92. The van der Waals surface area contributed by atoms with Gasteiger partial charge < -0.3 is 25.2 Å². The summed E-state index contributed by atoms with van der Waals surface area (Å²) >= 11 is 0.